The molecule has 340 valence electrons. The van der Waals surface area contributed by atoms with Crippen molar-refractivity contribution in [2.75, 3.05) is 53.5 Å². The second-order valence-corrected chi connectivity index (χ2v) is 18.0. The van der Waals surface area contributed by atoms with Crippen molar-refractivity contribution in [3.05, 3.63) is 130 Å². The summed E-state index contributed by atoms with van der Waals surface area (Å²) in [6.45, 7) is 6.34. The van der Waals surface area contributed by atoms with Crippen molar-refractivity contribution in [3.8, 4) is 56.1 Å². The zero-order valence-electron chi connectivity index (χ0n) is 36.6. The number of hydrogen-bond acceptors (Lipinski definition) is 13. The Morgan fingerprint density at radius 1 is 0.909 bits per heavy atom. The van der Waals surface area contributed by atoms with E-state index in [1.807, 2.05) is 54.6 Å². The summed E-state index contributed by atoms with van der Waals surface area (Å²) in [5, 5.41) is 1.16. The van der Waals surface area contributed by atoms with Crippen molar-refractivity contribution in [1.82, 2.24) is 29.7 Å². The number of carbonyl (C=O) groups excluding carboxylic acids is 1. The van der Waals surface area contributed by atoms with Gasteiger partial charge in [0, 0.05) is 55.8 Å². The molecule has 1 fully saturated rings. The number of aromatic nitrogens is 4. The highest BCUT2D eigenvalue weighted by atomic mass is 35.5. The number of hydrogen-bond donors (Lipinski definition) is 0. The van der Waals surface area contributed by atoms with Crippen LogP contribution in [0.5, 0.6) is 23.1 Å². The zero-order chi connectivity index (χ0) is 45.7. The number of piperazine rings is 1. The lowest BCUT2D eigenvalue weighted by atomic mass is 9.99. The van der Waals surface area contributed by atoms with Gasteiger partial charge in [0.25, 0.3) is 0 Å². The van der Waals surface area contributed by atoms with Crippen LogP contribution in [0.4, 0.5) is 4.39 Å². The van der Waals surface area contributed by atoms with Gasteiger partial charge < -0.3 is 28.6 Å². The maximum atomic E-state index is 14.3. The number of halogens is 3. The molecule has 0 unspecified atom stereocenters. The number of para-hydroxylation sites is 1. The molecule has 0 saturated carbocycles. The van der Waals surface area contributed by atoms with Crippen molar-refractivity contribution in [1.29, 1.82) is 0 Å². The number of benzene rings is 4. The molecule has 3 aliphatic heterocycles. The van der Waals surface area contributed by atoms with Gasteiger partial charge in [-0.15, -0.1) is 11.3 Å². The van der Waals surface area contributed by atoms with E-state index in [1.54, 1.807) is 38.4 Å². The first kappa shape index (κ1) is 45.3. The lowest BCUT2D eigenvalue weighted by Gasteiger charge is -2.35. The van der Waals surface area contributed by atoms with Crippen molar-refractivity contribution in [3.63, 3.8) is 0 Å². The summed E-state index contributed by atoms with van der Waals surface area (Å²) >= 11 is 15.7. The fourth-order valence-corrected chi connectivity index (χ4v) is 10.0. The van der Waals surface area contributed by atoms with E-state index in [0.29, 0.717) is 85.1 Å². The Morgan fingerprint density at radius 2 is 1.70 bits per heavy atom. The predicted molar refractivity (Wildman–Crippen MR) is 254 cm³/mol. The molecular weight excluding hydrogens is 903 g/mol. The molecule has 0 aliphatic carbocycles. The summed E-state index contributed by atoms with van der Waals surface area (Å²) in [6.07, 6.45) is 2.96. The quantitative estimate of drug-likeness (QED) is 0.121. The number of thiophene rings is 1. The molecule has 4 bridgehead atoms. The maximum Gasteiger partial charge on any atom is 0.347 e. The Hall–Kier alpha value is -5.90. The summed E-state index contributed by atoms with van der Waals surface area (Å²) in [6, 6.07) is 25.2. The van der Waals surface area contributed by atoms with E-state index < -0.39 is 12.1 Å². The van der Waals surface area contributed by atoms with Gasteiger partial charge >= 0.3 is 5.97 Å². The maximum absolute atomic E-state index is 14.3. The Morgan fingerprint density at radius 3 is 2.47 bits per heavy atom. The third-order valence-electron chi connectivity index (χ3n) is 11.7. The van der Waals surface area contributed by atoms with Crippen LogP contribution in [-0.4, -0.2) is 101 Å². The number of ether oxygens (including phenoxy) is 5. The highest BCUT2D eigenvalue weighted by Crippen LogP contribution is 2.49. The van der Waals surface area contributed by atoms with Gasteiger partial charge in [0.1, 0.15) is 41.2 Å². The third kappa shape index (κ3) is 10.1. The van der Waals surface area contributed by atoms with Crippen LogP contribution < -0.4 is 18.9 Å². The normalized spacial score (nSPS) is 16.9. The van der Waals surface area contributed by atoms with Crippen LogP contribution in [0, 0.1) is 5.82 Å². The van der Waals surface area contributed by atoms with Crippen LogP contribution >= 0.6 is 34.5 Å². The molecule has 66 heavy (non-hydrogen) atoms. The first-order chi connectivity index (χ1) is 32.1. The van der Waals surface area contributed by atoms with E-state index in [0.717, 1.165) is 47.7 Å². The predicted octanol–water partition coefficient (Wildman–Crippen LogP) is 10.0. The van der Waals surface area contributed by atoms with Gasteiger partial charge in [-0.3, -0.25) is 4.90 Å². The van der Waals surface area contributed by atoms with E-state index >= 15 is 0 Å². The van der Waals surface area contributed by atoms with E-state index in [2.05, 4.69) is 31.8 Å². The van der Waals surface area contributed by atoms with Gasteiger partial charge in [0.05, 0.1) is 40.4 Å². The van der Waals surface area contributed by atoms with Crippen molar-refractivity contribution >= 4 is 50.7 Å². The molecule has 0 N–H and O–H groups in total. The zero-order valence-corrected chi connectivity index (χ0v) is 39.0. The number of nitrogens with zero attached hydrogens (tertiary/aromatic N) is 6. The minimum atomic E-state index is -1.17. The molecule has 3 aliphatic rings. The average molecular weight is 950 g/mol. The van der Waals surface area contributed by atoms with E-state index in [4.69, 9.17) is 51.9 Å². The molecule has 0 radical (unpaired) electrons. The Balaban J connectivity index is 1.15. The minimum absolute atomic E-state index is 0.0706. The smallest absolute Gasteiger partial charge is 0.347 e. The van der Waals surface area contributed by atoms with Crippen molar-refractivity contribution in [2.24, 2.45) is 0 Å². The standard InChI is InChI=1S/C50H47Cl2FN6O6S/c1-4-62-50(60)42-26-32-23-30(10-16-40(32)63-28-35-17-18-54-47(57-35)37-7-5-6-8-41(37)61-3)9-15-36(27-59-21-19-58(2)20-22-59)64-45-38(51)24-33(25-39(45)52)43-44-48(65-42)55-29-56-49(44)66-46(43)31-11-13-34(53)14-12-31/h5-8,10-14,16-18,23-25,29,36,42H,4,9,15,19-22,26-28H2,1-3H3/t36-,42-/m1/s1. The van der Waals surface area contributed by atoms with Crippen LogP contribution in [0.2, 0.25) is 10.0 Å². The molecule has 16 heteroatoms. The number of aryl methyl sites for hydroxylation is 1. The summed E-state index contributed by atoms with van der Waals surface area (Å²) in [5.41, 5.74) is 5.12. The molecular formula is C50H47Cl2FN6O6S. The van der Waals surface area contributed by atoms with Crippen LogP contribution in [0.3, 0.4) is 0 Å². The molecule has 0 amide bonds. The Kier molecular flexibility index (Phi) is 13.9. The molecule has 0 spiro atoms. The van der Waals surface area contributed by atoms with Gasteiger partial charge in [-0.25, -0.2) is 29.1 Å². The Bertz CT molecular complexity index is 2840. The molecule has 4 aromatic carbocycles. The summed E-state index contributed by atoms with van der Waals surface area (Å²) < 4.78 is 45.7. The van der Waals surface area contributed by atoms with Gasteiger partial charge in [0.2, 0.25) is 12.0 Å². The van der Waals surface area contributed by atoms with Crippen LogP contribution in [-0.2, 0) is 29.0 Å². The highest BCUT2D eigenvalue weighted by Gasteiger charge is 2.30. The highest BCUT2D eigenvalue weighted by molar-refractivity contribution is 7.22. The van der Waals surface area contributed by atoms with Crippen LogP contribution in [0.1, 0.15) is 30.2 Å². The van der Waals surface area contributed by atoms with Crippen LogP contribution in [0.25, 0.3) is 43.2 Å². The van der Waals surface area contributed by atoms with E-state index in [9.17, 15) is 9.18 Å². The number of likely N-dealkylation sites (N-methyl/N-ethyl adjacent to an activating group) is 1. The molecule has 10 rings (SSSR count). The van der Waals surface area contributed by atoms with Gasteiger partial charge in [-0.05, 0) is 97.6 Å². The second-order valence-electron chi connectivity index (χ2n) is 16.2. The first-order valence-corrected chi connectivity index (χ1v) is 23.3. The molecule has 2 atom stereocenters. The number of fused-ring (bicyclic) bond motifs is 7. The molecule has 6 heterocycles. The SMILES string of the molecule is CCOC(=O)[C@H]1Cc2cc(ccc2OCc2ccnc(-c3ccccc3OC)n2)CC[C@H](CN2CCN(C)CC2)Oc2c(Cl)cc(cc2Cl)-c2c(-c3ccc(F)cc3)sc3ncnc(c23)O1. The average Bonchev–Trinajstić information content (AvgIpc) is 3.72. The monoisotopic (exact) mass is 948 g/mol. The largest absolute Gasteiger partial charge is 0.496 e. The summed E-state index contributed by atoms with van der Waals surface area (Å²) in [4.78, 5) is 38.7. The van der Waals surface area contributed by atoms with E-state index in [1.165, 1.54) is 29.8 Å². The fourth-order valence-electron chi connectivity index (χ4n) is 8.31. The topological polar surface area (TPSA) is 121 Å². The lowest BCUT2D eigenvalue weighted by molar-refractivity contribution is -0.151. The van der Waals surface area contributed by atoms with E-state index in [-0.39, 0.29) is 37.4 Å². The number of rotatable bonds is 10. The van der Waals surface area contributed by atoms with Crippen molar-refractivity contribution < 1.29 is 32.9 Å². The molecule has 1 saturated heterocycles. The van der Waals surface area contributed by atoms with Crippen molar-refractivity contribution in [2.45, 2.75) is 45.0 Å². The van der Waals surface area contributed by atoms with Gasteiger partial charge in [-0.2, -0.15) is 0 Å². The summed E-state index contributed by atoms with van der Waals surface area (Å²) in [5.74, 6) is 1.26. The summed E-state index contributed by atoms with van der Waals surface area (Å²) in [7, 11) is 3.74. The number of carbonyl (C=O) groups is 1. The first-order valence-electron chi connectivity index (χ1n) is 21.8. The van der Waals surface area contributed by atoms with Gasteiger partial charge in [0.15, 0.2) is 11.6 Å². The molecule has 12 nitrogen and oxygen atoms in total. The molecule has 3 aromatic heterocycles. The van der Waals surface area contributed by atoms with Gasteiger partial charge in [-0.1, -0.05) is 59.6 Å². The second kappa shape index (κ2) is 20.3. The molecule has 7 aromatic rings. The number of esters is 1. The van der Waals surface area contributed by atoms with Crippen LogP contribution in [0.15, 0.2) is 97.5 Å². The fraction of sp³-hybridized carbons (Fsp3) is 0.300. The minimum Gasteiger partial charge on any atom is -0.496 e. The lowest BCUT2D eigenvalue weighted by Crippen LogP contribution is -2.48. The Labute approximate surface area is 396 Å². The third-order valence-corrected chi connectivity index (χ3v) is 13.4. The number of methoxy groups -OCH3 is 1.